The van der Waals surface area contributed by atoms with Crippen LogP contribution in [0.15, 0.2) is 24.3 Å². The second-order valence-corrected chi connectivity index (χ2v) is 2.77. The standard InChI is InChI=1S/C10H11N3O/c1-12-8-6-4-3-5-7(8)9(13-2)10(11)14/h3-6,9,12H,1H3,(H2,11,14). The maximum atomic E-state index is 11.0. The first kappa shape index (κ1) is 10.1. The highest BCUT2D eigenvalue weighted by atomic mass is 16.1. The zero-order chi connectivity index (χ0) is 10.6. The van der Waals surface area contributed by atoms with E-state index in [-0.39, 0.29) is 0 Å². The Kier molecular flexibility index (Phi) is 3.08. The zero-order valence-electron chi connectivity index (χ0n) is 7.82. The second-order valence-electron chi connectivity index (χ2n) is 2.77. The van der Waals surface area contributed by atoms with Gasteiger partial charge in [-0.25, -0.2) is 6.57 Å². The van der Waals surface area contributed by atoms with Gasteiger partial charge in [0.25, 0.3) is 0 Å². The summed E-state index contributed by atoms with van der Waals surface area (Å²) in [6.07, 6.45) is 0. The lowest BCUT2D eigenvalue weighted by Gasteiger charge is -2.07. The lowest BCUT2D eigenvalue weighted by atomic mass is 10.1. The van der Waals surface area contributed by atoms with Gasteiger partial charge in [-0.05, 0) is 12.1 Å². The van der Waals surface area contributed by atoms with Crippen LogP contribution in [0.25, 0.3) is 4.85 Å². The lowest BCUT2D eigenvalue weighted by molar-refractivity contribution is -0.118. The van der Waals surface area contributed by atoms with Gasteiger partial charge in [-0.3, -0.25) is 9.64 Å². The Morgan fingerprint density at radius 1 is 1.57 bits per heavy atom. The van der Waals surface area contributed by atoms with E-state index >= 15 is 0 Å². The molecule has 72 valence electrons. The Labute approximate surface area is 82.5 Å². The molecule has 4 heteroatoms. The maximum absolute atomic E-state index is 11.0. The molecule has 0 saturated heterocycles. The minimum absolute atomic E-state index is 0.622. The number of nitrogens with zero attached hydrogens (tertiary/aromatic N) is 1. The summed E-state index contributed by atoms with van der Waals surface area (Å²) in [5.41, 5.74) is 6.50. The van der Waals surface area contributed by atoms with Crippen molar-refractivity contribution in [3.63, 3.8) is 0 Å². The van der Waals surface area contributed by atoms with Gasteiger partial charge in [-0.15, -0.1) is 0 Å². The number of hydrogen-bond acceptors (Lipinski definition) is 2. The summed E-state index contributed by atoms with van der Waals surface area (Å²) in [6, 6.07) is 6.23. The molecule has 1 atom stereocenters. The summed E-state index contributed by atoms with van der Waals surface area (Å²) in [5, 5.41) is 2.91. The van der Waals surface area contributed by atoms with Crippen molar-refractivity contribution in [1.29, 1.82) is 0 Å². The first-order chi connectivity index (χ1) is 6.70. The predicted molar refractivity (Wildman–Crippen MR) is 54.5 cm³/mol. The molecule has 14 heavy (non-hydrogen) atoms. The number of primary amides is 1. The minimum atomic E-state index is -0.904. The van der Waals surface area contributed by atoms with E-state index in [1.807, 2.05) is 6.07 Å². The summed E-state index contributed by atoms with van der Waals surface area (Å²) >= 11 is 0. The molecule has 1 amide bonds. The highest BCUT2D eigenvalue weighted by molar-refractivity contribution is 5.85. The van der Waals surface area contributed by atoms with E-state index in [1.165, 1.54) is 0 Å². The molecule has 0 heterocycles. The van der Waals surface area contributed by atoms with E-state index in [1.54, 1.807) is 25.2 Å². The molecule has 4 nitrogen and oxygen atoms in total. The summed E-state index contributed by atoms with van der Waals surface area (Å²) in [6.45, 7) is 6.90. The van der Waals surface area contributed by atoms with Crippen LogP contribution in [0.2, 0.25) is 0 Å². The van der Waals surface area contributed by atoms with Gasteiger partial charge >= 0.3 is 11.9 Å². The molecule has 1 rings (SSSR count). The fourth-order valence-electron chi connectivity index (χ4n) is 1.25. The van der Waals surface area contributed by atoms with Crippen molar-refractivity contribution < 1.29 is 4.79 Å². The molecule has 0 radical (unpaired) electrons. The van der Waals surface area contributed by atoms with Crippen LogP contribution in [0.3, 0.4) is 0 Å². The Balaban J connectivity index is 3.17. The SMILES string of the molecule is [C-]#[N+]C(C(N)=O)c1ccccc1NC. The molecule has 0 bridgehead atoms. The largest absolute Gasteiger partial charge is 0.388 e. The Hall–Kier alpha value is -2.02. The minimum Gasteiger partial charge on any atom is -0.388 e. The third-order valence-electron chi connectivity index (χ3n) is 1.92. The van der Waals surface area contributed by atoms with Gasteiger partial charge < -0.3 is 11.1 Å². The van der Waals surface area contributed by atoms with E-state index in [4.69, 9.17) is 12.3 Å². The zero-order valence-corrected chi connectivity index (χ0v) is 7.82. The van der Waals surface area contributed by atoms with Crippen LogP contribution in [0.5, 0.6) is 0 Å². The highest BCUT2D eigenvalue weighted by Gasteiger charge is 2.24. The number of hydrogen-bond donors (Lipinski definition) is 2. The first-order valence-electron chi connectivity index (χ1n) is 4.13. The smallest absolute Gasteiger partial charge is 0.327 e. The van der Waals surface area contributed by atoms with Crippen LogP contribution < -0.4 is 11.1 Å². The summed E-state index contributed by atoms with van der Waals surface area (Å²) in [5.74, 6) is -0.622. The number of amides is 1. The molecule has 1 aromatic carbocycles. The monoisotopic (exact) mass is 189 g/mol. The molecule has 0 fully saturated rings. The van der Waals surface area contributed by atoms with Gasteiger partial charge in [0.2, 0.25) is 0 Å². The van der Waals surface area contributed by atoms with Crippen molar-refractivity contribution in [2.45, 2.75) is 6.04 Å². The molecule has 0 aliphatic carbocycles. The molecule has 0 aliphatic heterocycles. The van der Waals surface area contributed by atoms with Crippen LogP contribution in [-0.4, -0.2) is 13.0 Å². The third kappa shape index (κ3) is 1.83. The Bertz CT molecular complexity index is 381. The van der Waals surface area contributed by atoms with Crippen LogP contribution in [0, 0.1) is 6.57 Å². The number of carbonyl (C=O) groups is 1. The predicted octanol–water partition coefficient (Wildman–Crippen LogP) is 1.17. The van der Waals surface area contributed by atoms with Crippen molar-refractivity contribution in [2.75, 3.05) is 12.4 Å². The lowest BCUT2D eigenvalue weighted by Crippen LogP contribution is -2.19. The van der Waals surface area contributed by atoms with Crippen LogP contribution in [0.1, 0.15) is 11.6 Å². The fraction of sp³-hybridized carbons (Fsp3) is 0.200. The van der Waals surface area contributed by atoms with Gasteiger partial charge in [0.15, 0.2) is 0 Å². The molecule has 0 aliphatic rings. The molecule has 1 aromatic rings. The number of anilines is 1. The number of nitrogens with one attached hydrogen (secondary N) is 1. The first-order valence-corrected chi connectivity index (χ1v) is 4.13. The van der Waals surface area contributed by atoms with E-state index in [2.05, 4.69) is 10.2 Å². The van der Waals surface area contributed by atoms with Crippen molar-refractivity contribution in [2.24, 2.45) is 5.73 Å². The molecule has 0 spiro atoms. The highest BCUT2D eigenvalue weighted by Crippen LogP contribution is 2.24. The molecule has 1 unspecified atom stereocenters. The topological polar surface area (TPSA) is 59.5 Å². The van der Waals surface area contributed by atoms with Gasteiger partial charge in [0.05, 0.1) is 5.56 Å². The van der Waals surface area contributed by atoms with E-state index in [0.717, 1.165) is 5.69 Å². The fourth-order valence-corrected chi connectivity index (χ4v) is 1.25. The second kappa shape index (κ2) is 4.28. The quantitative estimate of drug-likeness (QED) is 0.701. The molecular weight excluding hydrogens is 178 g/mol. The van der Waals surface area contributed by atoms with Crippen LogP contribution >= 0.6 is 0 Å². The van der Waals surface area contributed by atoms with Gasteiger partial charge in [-0.1, -0.05) is 12.1 Å². The van der Waals surface area contributed by atoms with Crippen LogP contribution in [0.4, 0.5) is 5.69 Å². The van der Waals surface area contributed by atoms with Crippen molar-refractivity contribution >= 4 is 11.6 Å². The molecule has 0 aromatic heterocycles. The number of para-hydroxylation sites is 1. The Morgan fingerprint density at radius 2 is 2.21 bits per heavy atom. The molecular formula is C10H11N3O. The van der Waals surface area contributed by atoms with Gasteiger partial charge in [0.1, 0.15) is 0 Å². The number of rotatable bonds is 3. The van der Waals surface area contributed by atoms with Crippen molar-refractivity contribution in [3.8, 4) is 0 Å². The van der Waals surface area contributed by atoms with Gasteiger partial charge in [0, 0.05) is 12.7 Å². The number of nitrogens with two attached hydrogens (primary N) is 1. The van der Waals surface area contributed by atoms with Crippen molar-refractivity contribution in [3.05, 3.63) is 41.2 Å². The molecule has 3 N–H and O–H groups in total. The third-order valence-corrected chi connectivity index (χ3v) is 1.92. The van der Waals surface area contributed by atoms with Gasteiger partial charge in [-0.2, -0.15) is 0 Å². The normalized spacial score (nSPS) is 11.4. The van der Waals surface area contributed by atoms with Crippen LogP contribution in [-0.2, 0) is 4.79 Å². The van der Waals surface area contributed by atoms with Crippen molar-refractivity contribution in [1.82, 2.24) is 0 Å². The average molecular weight is 189 g/mol. The van der Waals surface area contributed by atoms with E-state index in [9.17, 15) is 4.79 Å². The summed E-state index contributed by atoms with van der Waals surface area (Å²) < 4.78 is 0. The van der Waals surface area contributed by atoms with E-state index < -0.39 is 11.9 Å². The number of carbonyl (C=O) groups excluding carboxylic acids is 1. The summed E-state index contributed by atoms with van der Waals surface area (Å²) in [4.78, 5) is 14.2. The number of benzene rings is 1. The molecule has 0 saturated carbocycles. The maximum Gasteiger partial charge on any atom is 0.327 e. The van der Waals surface area contributed by atoms with E-state index in [0.29, 0.717) is 5.56 Å². The Morgan fingerprint density at radius 3 is 2.71 bits per heavy atom. The summed E-state index contributed by atoms with van der Waals surface area (Å²) in [7, 11) is 1.74. The average Bonchev–Trinajstić information content (AvgIpc) is 2.19.